The molecule has 0 bridgehead atoms. The van der Waals surface area contributed by atoms with Crippen molar-refractivity contribution < 1.29 is 8.83 Å². The predicted molar refractivity (Wildman–Crippen MR) is 204 cm³/mol. The van der Waals surface area contributed by atoms with Crippen molar-refractivity contribution in [2.45, 2.75) is 0 Å². The molecule has 0 spiro atoms. The van der Waals surface area contributed by atoms with E-state index in [1.165, 1.54) is 5.56 Å². The van der Waals surface area contributed by atoms with Crippen molar-refractivity contribution in [1.82, 2.24) is 0 Å². The third-order valence-electron chi connectivity index (χ3n) is 9.66. The number of rotatable bonds is 5. The molecule has 0 atom stereocenters. The first kappa shape index (κ1) is 27.5. The van der Waals surface area contributed by atoms with E-state index in [2.05, 4.69) is 169 Å². The number of para-hydroxylation sites is 3. The van der Waals surface area contributed by atoms with Crippen molar-refractivity contribution >= 4 is 71.7 Å². The quantitative estimate of drug-likeness (QED) is 0.190. The van der Waals surface area contributed by atoms with Crippen molar-refractivity contribution in [2.24, 2.45) is 0 Å². The molecule has 3 nitrogen and oxygen atoms in total. The molecule has 0 saturated carbocycles. The second-order valence-corrected chi connectivity index (χ2v) is 12.5. The minimum Gasteiger partial charge on any atom is -0.455 e. The topological polar surface area (TPSA) is 29.5 Å². The lowest BCUT2D eigenvalue weighted by atomic mass is 10.0. The van der Waals surface area contributed by atoms with Gasteiger partial charge in [-0.3, -0.25) is 0 Å². The number of hydrogen-bond donors (Lipinski definition) is 0. The van der Waals surface area contributed by atoms with E-state index in [0.717, 1.165) is 88.4 Å². The van der Waals surface area contributed by atoms with Crippen LogP contribution in [0.5, 0.6) is 0 Å². The van der Waals surface area contributed by atoms with Crippen molar-refractivity contribution in [3.8, 4) is 22.3 Å². The van der Waals surface area contributed by atoms with Crippen LogP contribution in [0.25, 0.3) is 76.9 Å². The van der Waals surface area contributed by atoms with Gasteiger partial charge in [0.05, 0.1) is 5.69 Å². The van der Waals surface area contributed by atoms with E-state index in [0.29, 0.717) is 0 Å². The van der Waals surface area contributed by atoms with Gasteiger partial charge in [-0.2, -0.15) is 0 Å². The maximum atomic E-state index is 6.85. The Morgan fingerprint density at radius 3 is 1.90 bits per heavy atom. The standard InChI is InChI=1S/C46H29NO2/c1-2-11-30(12-3-1)33-14-8-15-35(29-33)47(42-21-10-20-40-41-28-25-31-13-4-5-16-36(31)45(41)49-46(40)42)34-26-23-32(24-27-34)37-18-9-19-39-38-17-6-7-22-43(38)48-44(37)39/h1-29H. The monoisotopic (exact) mass is 627 g/mol. The van der Waals surface area contributed by atoms with Crippen molar-refractivity contribution in [3.05, 3.63) is 176 Å². The minimum atomic E-state index is 0.857. The van der Waals surface area contributed by atoms with Crippen LogP contribution >= 0.6 is 0 Å². The highest BCUT2D eigenvalue weighted by molar-refractivity contribution is 6.17. The first-order chi connectivity index (χ1) is 24.3. The zero-order valence-electron chi connectivity index (χ0n) is 26.5. The van der Waals surface area contributed by atoms with Gasteiger partial charge < -0.3 is 13.7 Å². The van der Waals surface area contributed by atoms with E-state index >= 15 is 0 Å². The largest absolute Gasteiger partial charge is 0.455 e. The molecule has 10 rings (SSSR count). The summed E-state index contributed by atoms with van der Waals surface area (Å²) in [6.45, 7) is 0. The van der Waals surface area contributed by atoms with Gasteiger partial charge in [-0.05, 0) is 64.5 Å². The van der Waals surface area contributed by atoms with E-state index in [-0.39, 0.29) is 0 Å². The van der Waals surface area contributed by atoms with Crippen LogP contribution in [0.1, 0.15) is 0 Å². The normalized spacial score (nSPS) is 11.7. The highest BCUT2D eigenvalue weighted by atomic mass is 16.3. The fourth-order valence-electron chi connectivity index (χ4n) is 7.33. The summed E-state index contributed by atoms with van der Waals surface area (Å²) >= 11 is 0. The summed E-state index contributed by atoms with van der Waals surface area (Å²) in [6.07, 6.45) is 0. The van der Waals surface area contributed by atoms with Gasteiger partial charge in [0.1, 0.15) is 16.7 Å². The van der Waals surface area contributed by atoms with Crippen LogP contribution in [0.3, 0.4) is 0 Å². The maximum Gasteiger partial charge on any atom is 0.159 e. The van der Waals surface area contributed by atoms with Gasteiger partial charge in [-0.25, -0.2) is 0 Å². The molecule has 49 heavy (non-hydrogen) atoms. The molecule has 2 heterocycles. The number of hydrogen-bond acceptors (Lipinski definition) is 3. The average molecular weight is 628 g/mol. The van der Waals surface area contributed by atoms with E-state index < -0.39 is 0 Å². The Hall–Kier alpha value is -6.58. The molecule has 0 N–H and O–H groups in total. The highest BCUT2D eigenvalue weighted by Crippen LogP contribution is 2.45. The van der Waals surface area contributed by atoms with Crippen LogP contribution in [-0.2, 0) is 0 Å². The Morgan fingerprint density at radius 2 is 1.02 bits per heavy atom. The van der Waals surface area contributed by atoms with Gasteiger partial charge in [-0.15, -0.1) is 0 Å². The molecule has 0 radical (unpaired) electrons. The molecule has 0 saturated heterocycles. The first-order valence-electron chi connectivity index (χ1n) is 16.6. The highest BCUT2D eigenvalue weighted by Gasteiger charge is 2.21. The molecule has 0 aliphatic heterocycles. The van der Waals surface area contributed by atoms with E-state index in [4.69, 9.17) is 8.83 Å². The Labute approximate surface area is 282 Å². The summed E-state index contributed by atoms with van der Waals surface area (Å²) < 4.78 is 13.2. The number of furan rings is 2. The molecule has 8 aromatic carbocycles. The Bertz CT molecular complexity index is 2830. The summed E-state index contributed by atoms with van der Waals surface area (Å²) in [5.41, 5.74) is 11.1. The maximum absolute atomic E-state index is 6.85. The average Bonchev–Trinajstić information content (AvgIpc) is 3.75. The van der Waals surface area contributed by atoms with E-state index in [1.54, 1.807) is 0 Å². The number of anilines is 3. The summed E-state index contributed by atoms with van der Waals surface area (Å²) in [6, 6.07) is 61.9. The molecule has 0 amide bonds. The fourth-order valence-corrected chi connectivity index (χ4v) is 7.33. The molecule has 10 aromatic rings. The molecular weight excluding hydrogens is 599 g/mol. The summed E-state index contributed by atoms with van der Waals surface area (Å²) in [5.74, 6) is 0. The predicted octanol–water partition coefficient (Wildman–Crippen LogP) is 13.4. The number of nitrogens with zero attached hydrogens (tertiary/aromatic N) is 1. The SMILES string of the molecule is c1ccc(-c2cccc(N(c3ccc(-c4cccc5c4oc4ccccc45)cc3)c3cccc4c3oc3c5ccccc5ccc43)c2)cc1. The molecule has 2 aromatic heterocycles. The lowest BCUT2D eigenvalue weighted by molar-refractivity contribution is 0.670. The van der Waals surface area contributed by atoms with Gasteiger partial charge in [0.15, 0.2) is 5.58 Å². The Kier molecular flexibility index (Phi) is 6.18. The van der Waals surface area contributed by atoms with Crippen LogP contribution in [0.4, 0.5) is 17.1 Å². The summed E-state index contributed by atoms with van der Waals surface area (Å²) in [7, 11) is 0. The van der Waals surface area contributed by atoms with Gasteiger partial charge in [-0.1, -0.05) is 133 Å². The van der Waals surface area contributed by atoms with Crippen LogP contribution in [0, 0.1) is 0 Å². The molecule has 0 fully saturated rings. The van der Waals surface area contributed by atoms with Crippen LogP contribution in [0.2, 0.25) is 0 Å². The Morgan fingerprint density at radius 1 is 0.347 bits per heavy atom. The smallest absolute Gasteiger partial charge is 0.159 e. The van der Waals surface area contributed by atoms with Crippen LogP contribution in [-0.4, -0.2) is 0 Å². The zero-order valence-corrected chi connectivity index (χ0v) is 26.5. The molecule has 230 valence electrons. The van der Waals surface area contributed by atoms with Gasteiger partial charge in [0.25, 0.3) is 0 Å². The molecule has 0 aliphatic carbocycles. The number of benzene rings is 8. The van der Waals surface area contributed by atoms with E-state index in [1.807, 2.05) is 12.1 Å². The lowest BCUT2D eigenvalue weighted by Crippen LogP contribution is -2.10. The molecule has 0 aliphatic rings. The summed E-state index contributed by atoms with van der Waals surface area (Å²) in [5, 5.41) is 6.74. The summed E-state index contributed by atoms with van der Waals surface area (Å²) in [4.78, 5) is 2.31. The van der Waals surface area contributed by atoms with Crippen molar-refractivity contribution in [2.75, 3.05) is 4.90 Å². The van der Waals surface area contributed by atoms with Gasteiger partial charge in [0, 0.05) is 43.9 Å². The molecular formula is C46H29NO2. The van der Waals surface area contributed by atoms with Gasteiger partial charge in [0.2, 0.25) is 0 Å². The first-order valence-corrected chi connectivity index (χ1v) is 16.6. The van der Waals surface area contributed by atoms with Crippen LogP contribution in [0.15, 0.2) is 185 Å². The molecule has 0 unspecified atom stereocenters. The minimum absolute atomic E-state index is 0.857. The Balaban J connectivity index is 1.17. The second-order valence-electron chi connectivity index (χ2n) is 12.5. The van der Waals surface area contributed by atoms with Crippen LogP contribution < -0.4 is 4.90 Å². The van der Waals surface area contributed by atoms with E-state index in [9.17, 15) is 0 Å². The van der Waals surface area contributed by atoms with Crippen molar-refractivity contribution in [1.29, 1.82) is 0 Å². The van der Waals surface area contributed by atoms with Gasteiger partial charge >= 0.3 is 0 Å². The third kappa shape index (κ3) is 4.44. The molecule has 3 heteroatoms. The van der Waals surface area contributed by atoms with Crippen molar-refractivity contribution in [3.63, 3.8) is 0 Å². The number of fused-ring (bicyclic) bond motifs is 8. The fraction of sp³-hybridized carbons (Fsp3) is 0. The second kappa shape index (κ2) is 11.0. The zero-order chi connectivity index (χ0) is 32.3. The lowest BCUT2D eigenvalue weighted by Gasteiger charge is -2.26. The third-order valence-corrected chi connectivity index (χ3v) is 9.66.